The van der Waals surface area contributed by atoms with Gasteiger partial charge in [0.1, 0.15) is 17.4 Å². The van der Waals surface area contributed by atoms with Crippen LogP contribution >= 0.6 is 0 Å². The molecule has 6 rings (SSSR count). The van der Waals surface area contributed by atoms with Gasteiger partial charge in [-0.1, -0.05) is 30.3 Å². The van der Waals surface area contributed by atoms with E-state index in [0.717, 1.165) is 38.8 Å². The van der Waals surface area contributed by atoms with E-state index in [-0.39, 0.29) is 0 Å². The SMILES string of the molecule is OC(Cc1ccccc1)Nc1cncc(-c2cc3c(-c4nc5cnccc5[nH]4)n[nH]c3cn2)c1. The number of rotatable bonds is 6. The quantitative estimate of drug-likeness (QED) is 0.284. The molecule has 1 aromatic carbocycles. The van der Waals surface area contributed by atoms with E-state index in [1.807, 2.05) is 48.5 Å². The predicted molar refractivity (Wildman–Crippen MR) is 130 cm³/mol. The molecule has 0 saturated heterocycles. The van der Waals surface area contributed by atoms with E-state index < -0.39 is 6.23 Å². The van der Waals surface area contributed by atoms with Crippen LogP contribution in [0.25, 0.3) is 44.7 Å². The van der Waals surface area contributed by atoms with Gasteiger partial charge in [-0.05, 0) is 23.8 Å². The molecule has 5 aromatic heterocycles. The topological polar surface area (TPSA) is 128 Å². The van der Waals surface area contributed by atoms with Crippen molar-refractivity contribution in [2.45, 2.75) is 12.6 Å². The van der Waals surface area contributed by atoms with Crippen molar-refractivity contribution in [3.05, 3.63) is 85.1 Å². The first kappa shape index (κ1) is 20.0. The maximum atomic E-state index is 10.5. The second-order valence-electron chi connectivity index (χ2n) is 7.98. The third kappa shape index (κ3) is 3.84. The Hall–Kier alpha value is -4.63. The Labute approximate surface area is 194 Å². The molecule has 5 heterocycles. The molecule has 0 spiro atoms. The van der Waals surface area contributed by atoms with Crippen LogP contribution in [0.1, 0.15) is 5.56 Å². The number of pyridine rings is 3. The highest BCUT2D eigenvalue weighted by Crippen LogP contribution is 2.29. The third-order valence-corrected chi connectivity index (χ3v) is 5.60. The zero-order valence-electron chi connectivity index (χ0n) is 18.0. The van der Waals surface area contributed by atoms with Crippen molar-refractivity contribution in [3.63, 3.8) is 0 Å². The molecule has 0 amide bonds. The van der Waals surface area contributed by atoms with Crippen LogP contribution in [-0.2, 0) is 6.42 Å². The number of hydrogen-bond donors (Lipinski definition) is 4. The van der Waals surface area contributed by atoms with Crippen LogP contribution in [0.5, 0.6) is 0 Å². The number of H-pyrrole nitrogens is 2. The fraction of sp³-hybridized carbons (Fsp3) is 0.0800. The first-order valence-corrected chi connectivity index (χ1v) is 10.8. The maximum Gasteiger partial charge on any atom is 0.159 e. The summed E-state index contributed by atoms with van der Waals surface area (Å²) in [4.78, 5) is 20.9. The van der Waals surface area contributed by atoms with E-state index in [2.05, 4.69) is 40.4 Å². The minimum Gasteiger partial charge on any atom is -0.373 e. The van der Waals surface area contributed by atoms with Gasteiger partial charge in [-0.3, -0.25) is 20.1 Å². The van der Waals surface area contributed by atoms with Crippen LogP contribution in [0.3, 0.4) is 0 Å². The van der Waals surface area contributed by atoms with Crippen molar-refractivity contribution in [2.75, 3.05) is 5.32 Å². The standard InChI is InChI=1S/C25H20N8O/c34-23(8-15-4-2-1-3-5-15)29-17-9-16(11-27-12-17)20-10-18-21(14-28-20)32-33-24(18)25-30-19-6-7-26-13-22(19)31-25/h1-7,9-14,23,29,34H,8H2,(H,30,31)(H,32,33). The highest BCUT2D eigenvalue weighted by atomic mass is 16.3. The highest BCUT2D eigenvalue weighted by Gasteiger charge is 2.15. The van der Waals surface area contributed by atoms with E-state index in [0.29, 0.717) is 23.6 Å². The van der Waals surface area contributed by atoms with Gasteiger partial charge < -0.3 is 15.4 Å². The largest absolute Gasteiger partial charge is 0.373 e. The van der Waals surface area contributed by atoms with Crippen molar-refractivity contribution < 1.29 is 5.11 Å². The molecule has 0 aliphatic heterocycles. The van der Waals surface area contributed by atoms with Gasteiger partial charge in [0.2, 0.25) is 0 Å². The number of hydrogen-bond acceptors (Lipinski definition) is 7. The first-order valence-electron chi connectivity index (χ1n) is 10.8. The fourth-order valence-corrected chi connectivity index (χ4v) is 3.96. The van der Waals surface area contributed by atoms with Crippen LogP contribution in [0.15, 0.2) is 79.5 Å². The number of aliphatic hydroxyl groups is 1. The summed E-state index contributed by atoms with van der Waals surface area (Å²) in [5.41, 5.74) is 6.50. The Balaban J connectivity index is 1.30. The molecule has 9 heteroatoms. The summed E-state index contributed by atoms with van der Waals surface area (Å²) < 4.78 is 0. The number of benzene rings is 1. The number of imidazole rings is 1. The summed E-state index contributed by atoms with van der Waals surface area (Å²) in [6, 6.07) is 15.6. The zero-order chi connectivity index (χ0) is 22.9. The Morgan fingerprint density at radius 1 is 0.941 bits per heavy atom. The number of fused-ring (bicyclic) bond motifs is 2. The molecule has 0 aliphatic carbocycles. The van der Waals surface area contributed by atoms with E-state index in [4.69, 9.17) is 0 Å². The summed E-state index contributed by atoms with van der Waals surface area (Å²) in [6.07, 6.45) is 8.36. The lowest BCUT2D eigenvalue weighted by atomic mass is 10.1. The van der Waals surface area contributed by atoms with Crippen molar-refractivity contribution in [3.8, 4) is 22.8 Å². The zero-order valence-corrected chi connectivity index (χ0v) is 18.0. The number of aromatic amines is 2. The molecular formula is C25H20N8O. The summed E-state index contributed by atoms with van der Waals surface area (Å²) >= 11 is 0. The summed E-state index contributed by atoms with van der Waals surface area (Å²) in [6.45, 7) is 0. The summed E-state index contributed by atoms with van der Waals surface area (Å²) in [5.74, 6) is 0.656. The molecule has 9 nitrogen and oxygen atoms in total. The molecule has 0 radical (unpaired) electrons. The van der Waals surface area contributed by atoms with Crippen LogP contribution in [0, 0.1) is 0 Å². The minimum absolute atomic E-state index is 0.487. The Morgan fingerprint density at radius 2 is 1.85 bits per heavy atom. The number of aliphatic hydroxyl groups excluding tert-OH is 1. The van der Waals surface area contributed by atoms with Crippen molar-refractivity contribution in [2.24, 2.45) is 0 Å². The van der Waals surface area contributed by atoms with Gasteiger partial charge in [-0.15, -0.1) is 0 Å². The lowest BCUT2D eigenvalue weighted by Crippen LogP contribution is -2.21. The van der Waals surface area contributed by atoms with Crippen LogP contribution in [0.4, 0.5) is 5.69 Å². The first-order chi connectivity index (χ1) is 16.7. The molecule has 4 N–H and O–H groups in total. The van der Waals surface area contributed by atoms with E-state index in [9.17, 15) is 5.11 Å². The van der Waals surface area contributed by atoms with Crippen molar-refractivity contribution in [1.82, 2.24) is 35.1 Å². The predicted octanol–water partition coefficient (Wildman–Crippen LogP) is 3.93. The fourth-order valence-electron chi connectivity index (χ4n) is 3.96. The third-order valence-electron chi connectivity index (χ3n) is 5.60. The normalized spacial score (nSPS) is 12.3. The van der Waals surface area contributed by atoms with Gasteiger partial charge in [0.15, 0.2) is 5.82 Å². The number of nitrogens with one attached hydrogen (secondary N) is 3. The molecule has 0 saturated carbocycles. The summed E-state index contributed by atoms with van der Waals surface area (Å²) in [7, 11) is 0. The molecule has 34 heavy (non-hydrogen) atoms. The summed E-state index contributed by atoms with van der Waals surface area (Å²) in [5, 5.41) is 21.9. The van der Waals surface area contributed by atoms with Crippen LogP contribution in [0.2, 0.25) is 0 Å². The average Bonchev–Trinajstić information content (AvgIpc) is 3.48. The molecule has 0 bridgehead atoms. The van der Waals surface area contributed by atoms with E-state index >= 15 is 0 Å². The molecule has 1 unspecified atom stereocenters. The monoisotopic (exact) mass is 448 g/mol. The van der Waals surface area contributed by atoms with Gasteiger partial charge in [0.25, 0.3) is 0 Å². The molecule has 6 aromatic rings. The molecule has 0 aliphatic rings. The molecular weight excluding hydrogens is 428 g/mol. The Morgan fingerprint density at radius 3 is 2.74 bits per heavy atom. The Kier molecular flexibility index (Phi) is 4.93. The second-order valence-corrected chi connectivity index (χ2v) is 7.98. The lowest BCUT2D eigenvalue weighted by molar-refractivity contribution is 0.204. The average molecular weight is 448 g/mol. The number of nitrogens with zero attached hydrogens (tertiary/aromatic N) is 5. The van der Waals surface area contributed by atoms with Gasteiger partial charge in [0.05, 0.1) is 41.0 Å². The number of anilines is 1. The Bertz CT molecular complexity index is 1560. The van der Waals surface area contributed by atoms with Gasteiger partial charge in [-0.25, -0.2) is 4.98 Å². The highest BCUT2D eigenvalue weighted by molar-refractivity contribution is 5.94. The lowest BCUT2D eigenvalue weighted by Gasteiger charge is -2.14. The molecule has 0 fully saturated rings. The molecule has 1 atom stereocenters. The van der Waals surface area contributed by atoms with Gasteiger partial charge in [-0.2, -0.15) is 5.10 Å². The van der Waals surface area contributed by atoms with Crippen molar-refractivity contribution >= 4 is 27.6 Å². The molecule has 166 valence electrons. The number of aromatic nitrogens is 7. The van der Waals surface area contributed by atoms with Gasteiger partial charge in [0, 0.05) is 29.8 Å². The minimum atomic E-state index is -0.738. The van der Waals surface area contributed by atoms with Crippen LogP contribution < -0.4 is 5.32 Å². The van der Waals surface area contributed by atoms with E-state index in [1.54, 1.807) is 31.0 Å². The smallest absolute Gasteiger partial charge is 0.159 e. The van der Waals surface area contributed by atoms with E-state index in [1.165, 1.54) is 0 Å². The second kappa shape index (κ2) is 8.38. The maximum absolute atomic E-state index is 10.5. The van der Waals surface area contributed by atoms with Gasteiger partial charge >= 0.3 is 0 Å². The van der Waals surface area contributed by atoms with Crippen LogP contribution in [-0.4, -0.2) is 46.5 Å². The van der Waals surface area contributed by atoms with Crippen molar-refractivity contribution in [1.29, 1.82) is 0 Å².